The first-order valence-electron chi connectivity index (χ1n) is 5.01. The van der Waals surface area contributed by atoms with Crippen molar-refractivity contribution in [1.82, 2.24) is 14.2 Å². The van der Waals surface area contributed by atoms with Crippen LogP contribution in [0.2, 0.25) is 0 Å². The van der Waals surface area contributed by atoms with Crippen LogP contribution < -0.4 is 5.56 Å². The van der Waals surface area contributed by atoms with Gasteiger partial charge >= 0.3 is 5.97 Å². The monoisotopic (exact) mass is 299 g/mol. The van der Waals surface area contributed by atoms with Gasteiger partial charge in [0.05, 0.1) is 11.1 Å². The van der Waals surface area contributed by atoms with Crippen LogP contribution in [0.15, 0.2) is 27.9 Å². The Balaban J connectivity index is 2.42. The van der Waals surface area contributed by atoms with Gasteiger partial charge in [-0.3, -0.25) is 14.2 Å². The summed E-state index contributed by atoms with van der Waals surface area (Å²) in [5.74, 6) is -0.455. The number of carbonyl (C=O) groups excluding carboxylic acids is 1. The highest BCUT2D eigenvalue weighted by molar-refractivity contribution is 9.10. The molecule has 2 rings (SSSR count). The van der Waals surface area contributed by atoms with E-state index >= 15 is 0 Å². The van der Waals surface area contributed by atoms with Crippen molar-refractivity contribution in [2.45, 2.75) is 13.5 Å². The summed E-state index contributed by atoms with van der Waals surface area (Å²) < 4.78 is 8.10. The molecule has 7 heteroatoms. The molecule has 0 aliphatic rings. The normalized spacial score (nSPS) is 10.7. The second-order valence-electron chi connectivity index (χ2n) is 3.33. The molecule has 0 amide bonds. The zero-order valence-electron chi connectivity index (χ0n) is 9.09. The summed E-state index contributed by atoms with van der Waals surface area (Å²) in [7, 11) is 0. The van der Waals surface area contributed by atoms with E-state index in [0.717, 1.165) is 0 Å². The number of hydrogen-bond donors (Lipinski definition) is 0. The topological polar surface area (TPSA) is 65.6 Å². The highest BCUT2D eigenvalue weighted by atomic mass is 79.9. The molecule has 2 aromatic rings. The predicted octanol–water partition coefficient (Wildman–Crippen LogP) is 0.822. The number of hydrogen-bond acceptors (Lipinski definition) is 4. The average Bonchev–Trinajstić information content (AvgIpc) is 2.65. The Labute approximate surface area is 105 Å². The lowest BCUT2D eigenvalue weighted by Crippen LogP contribution is -2.27. The smallest absolute Gasteiger partial charge is 0.326 e. The molecule has 0 saturated heterocycles. The van der Waals surface area contributed by atoms with E-state index in [1.165, 1.54) is 15.4 Å². The lowest BCUT2D eigenvalue weighted by atomic mass is 10.5. The van der Waals surface area contributed by atoms with Crippen LogP contribution in [0.1, 0.15) is 6.92 Å². The zero-order valence-corrected chi connectivity index (χ0v) is 10.7. The van der Waals surface area contributed by atoms with E-state index in [1.54, 1.807) is 19.2 Å². The Morgan fingerprint density at radius 1 is 1.59 bits per heavy atom. The van der Waals surface area contributed by atoms with Gasteiger partial charge in [0.25, 0.3) is 5.56 Å². The number of fused-ring (bicyclic) bond motifs is 1. The number of aromatic nitrogens is 3. The average molecular weight is 300 g/mol. The lowest BCUT2D eigenvalue weighted by molar-refractivity contribution is -0.143. The molecular weight excluding hydrogens is 290 g/mol. The van der Waals surface area contributed by atoms with Gasteiger partial charge in [0, 0.05) is 6.20 Å². The van der Waals surface area contributed by atoms with Crippen LogP contribution in [-0.4, -0.2) is 26.8 Å². The standard InChI is InChI=1S/C10H10BrN3O3/c1-2-17-8(15)5-13-6-12-14-4-3-7(11)9(14)10(13)16/h3-4,6H,2,5H2,1H3. The summed E-state index contributed by atoms with van der Waals surface area (Å²) in [4.78, 5) is 23.3. The van der Waals surface area contributed by atoms with Crippen LogP contribution in [0.5, 0.6) is 0 Å². The number of ether oxygens (including phenoxy) is 1. The Morgan fingerprint density at radius 3 is 3.06 bits per heavy atom. The van der Waals surface area contributed by atoms with Crippen molar-refractivity contribution in [3.8, 4) is 0 Å². The minimum absolute atomic E-state index is 0.131. The second-order valence-corrected chi connectivity index (χ2v) is 4.18. The van der Waals surface area contributed by atoms with Gasteiger partial charge in [0.2, 0.25) is 0 Å². The van der Waals surface area contributed by atoms with Crippen LogP contribution in [0, 0.1) is 0 Å². The molecule has 90 valence electrons. The number of carbonyl (C=O) groups is 1. The Hall–Kier alpha value is -1.63. The highest BCUT2D eigenvalue weighted by Crippen LogP contribution is 2.13. The molecule has 0 spiro atoms. The lowest BCUT2D eigenvalue weighted by Gasteiger charge is -2.05. The molecule has 0 atom stereocenters. The van der Waals surface area contributed by atoms with E-state index in [9.17, 15) is 9.59 Å². The zero-order chi connectivity index (χ0) is 12.4. The predicted molar refractivity (Wildman–Crippen MR) is 63.8 cm³/mol. The summed E-state index contributed by atoms with van der Waals surface area (Å²) in [6.45, 7) is 1.87. The van der Waals surface area contributed by atoms with Crippen LogP contribution in [0.4, 0.5) is 0 Å². The summed E-state index contributed by atoms with van der Waals surface area (Å²) >= 11 is 3.26. The quantitative estimate of drug-likeness (QED) is 0.787. The molecule has 0 radical (unpaired) electrons. The van der Waals surface area contributed by atoms with Crippen molar-refractivity contribution in [1.29, 1.82) is 0 Å². The van der Waals surface area contributed by atoms with E-state index in [-0.39, 0.29) is 18.7 Å². The maximum absolute atomic E-state index is 12.0. The van der Waals surface area contributed by atoms with Gasteiger partial charge in [-0.2, -0.15) is 5.10 Å². The Bertz CT molecular complexity index is 617. The largest absolute Gasteiger partial charge is 0.465 e. The molecule has 0 saturated carbocycles. The van der Waals surface area contributed by atoms with Crippen molar-refractivity contribution in [2.75, 3.05) is 6.61 Å². The number of rotatable bonds is 3. The summed E-state index contributed by atoms with van der Waals surface area (Å²) in [6.07, 6.45) is 2.98. The SMILES string of the molecule is CCOC(=O)Cn1cnn2ccc(Br)c2c1=O. The summed E-state index contributed by atoms with van der Waals surface area (Å²) in [5.41, 5.74) is 0.113. The number of halogens is 1. The van der Waals surface area contributed by atoms with E-state index in [1.807, 2.05) is 0 Å². The first-order chi connectivity index (χ1) is 8.13. The molecule has 0 fully saturated rings. The van der Waals surface area contributed by atoms with Crippen molar-refractivity contribution < 1.29 is 9.53 Å². The molecule has 0 aliphatic heterocycles. The van der Waals surface area contributed by atoms with Crippen molar-refractivity contribution >= 4 is 27.4 Å². The van der Waals surface area contributed by atoms with E-state index in [4.69, 9.17) is 4.74 Å². The second kappa shape index (κ2) is 4.70. The third kappa shape index (κ3) is 2.23. The Morgan fingerprint density at radius 2 is 2.35 bits per heavy atom. The molecule has 2 heterocycles. The van der Waals surface area contributed by atoms with E-state index in [2.05, 4.69) is 21.0 Å². The van der Waals surface area contributed by atoms with Gasteiger partial charge in [-0.05, 0) is 28.9 Å². The number of nitrogens with zero attached hydrogens (tertiary/aromatic N) is 3. The van der Waals surface area contributed by atoms with Crippen LogP contribution >= 0.6 is 15.9 Å². The van der Waals surface area contributed by atoms with Crippen LogP contribution in [-0.2, 0) is 16.1 Å². The molecule has 0 bridgehead atoms. The van der Waals surface area contributed by atoms with E-state index < -0.39 is 5.97 Å². The van der Waals surface area contributed by atoms with Gasteiger partial charge in [-0.15, -0.1) is 0 Å². The van der Waals surface area contributed by atoms with Crippen molar-refractivity contribution in [3.63, 3.8) is 0 Å². The fraction of sp³-hybridized carbons (Fsp3) is 0.300. The first kappa shape index (κ1) is 11.8. The molecule has 17 heavy (non-hydrogen) atoms. The molecule has 6 nitrogen and oxygen atoms in total. The van der Waals surface area contributed by atoms with Crippen molar-refractivity contribution in [2.24, 2.45) is 0 Å². The van der Waals surface area contributed by atoms with Crippen molar-refractivity contribution in [3.05, 3.63) is 33.4 Å². The van der Waals surface area contributed by atoms with Gasteiger partial charge in [-0.25, -0.2) is 4.52 Å². The molecule has 0 aliphatic carbocycles. The van der Waals surface area contributed by atoms with Crippen LogP contribution in [0.3, 0.4) is 0 Å². The van der Waals surface area contributed by atoms with Gasteiger partial charge < -0.3 is 4.74 Å². The molecule has 2 aromatic heterocycles. The summed E-state index contributed by atoms with van der Waals surface area (Å²) in [5, 5.41) is 4.02. The number of esters is 1. The fourth-order valence-corrected chi connectivity index (χ4v) is 1.93. The molecule has 0 aromatic carbocycles. The Kier molecular flexibility index (Phi) is 3.28. The van der Waals surface area contributed by atoms with E-state index in [0.29, 0.717) is 9.99 Å². The third-order valence-electron chi connectivity index (χ3n) is 2.20. The van der Waals surface area contributed by atoms with Gasteiger partial charge in [0.1, 0.15) is 18.4 Å². The maximum Gasteiger partial charge on any atom is 0.326 e. The minimum Gasteiger partial charge on any atom is -0.465 e. The molecule has 0 N–H and O–H groups in total. The molecule has 0 unspecified atom stereocenters. The van der Waals surface area contributed by atoms with Gasteiger partial charge in [-0.1, -0.05) is 0 Å². The third-order valence-corrected chi connectivity index (χ3v) is 2.84. The fourth-order valence-electron chi connectivity index (χ4n) is 1.46. The highest BCUT2D eigenvalue weighted by Gasteiger charge is 2.10. The maximum atomic E-state index is 12.0. The molecular formula is C10H10BrN3O3. The summed E-state index contributed by atoms with van der Waals surface area (Å²) in [6, 6.07) is 1.72. The van der Waals surface area contributed by atoms with Crippen LogP contribution in [0.25, 0.3) is 5.52 Å². The van der Waals surface area contributed by atoms with Gasteiger partial charge in [0.15, 0.2) is 0 Å². The minimum atomic E-state index is -0.455. The first-order valence-corrected chi connectivity index (χ1v) is 5.80.